The van der Waals surface area contributed by atoms with Crippen molar-refractivity contribution < 1.29 is 15.0 Å². The van der Waals surface area contributed by atoms with Crippen LogP contribution in [0, 0.1) is 20.2 Å². The molecule has 2 aromatic heterocycles. The molecule has 0 bridgehead atoms. The zero-order valence-corrected chi connectivity index (χ0v) is 28.3. The summed E-state index contributed by atoms with van der Waals surface area (Å²) in [6.45, 7) is 3.65. The first-order chi connectivity index (χ1) is 18.9. The van der Waals surface area contributed by atoms with Gasteiger partial charge in [0.1, 0.15) is 4.03 Å². The predicted octanol–water partition coefficient (Wildman–Crippen LogP) is 10.2. The SMILES string of the molecule is BrP(Br)Br.CC(Br)c1ccc(-c2ccc([N+](=O)[O-])cc2)cn1.CC(O)c1ccc(-c2ccc([N+](=O)[O-])cc2)cn1. The lowest BCUT2D eigenvalue weighted by molar-refractivity contribution is -0.385. The van der Waals surface area contributed by atoms with Gasteiger partial charge in [0, 0.05) is 47.8 Å². The number of aliphatic hydroxyl groups excluding tert-OH is 1. The van der Waals surface area contributed by atoms with E-state index in [-0.39, 0.29) is 20.2 Å². The molecule has 4 aromatic rings. The number of hydrogen-bond donors (Lipinski definition) is 1. The molecule has 0 aliphatic rings. The van der Waals surface area contributed by atoms with Crippen molar-refractivity contribution in [2.75, 3.05) is 0 Å². The molecule has 9 nitrogen and oxygen atoms in total. The van der Waals surface area contributed by atoms with Crippen LogP contribution in [0.3, 0.4) is 0 Å². The van der Waals surface area contributed by atoms with E-state index in [9.17, 15) is 25.3 Å². The molecule has 2 atom stereocenters. The number of nitro groups is 2. The van der Waals surface area contributed by atoms with Crippen LogP contribution in [0.4, 0.5) is 11.4 Å². The van der Waals surface area contributed by atoms with Crippen molar-refractivity contribution >= 4 is 77.8 Å². The molecule has 0 aliphatic carbocycles. The number of halogens is 4. The summed E-state index contributed by atoms with van der Waals surface area (Å²) in [6.07, 6.45) is 2.81. The van der Waals surface area contributed by atoms with Gasteiger partial charge >= 0.3 is 0 Å². The summed E-state index contributed by atoms with van der Waals surface area (Å²) >= 11 is 13.0. The van der Waals surface area contributed by atoms with Gasteiger partial charge in [0.05, 0.1) is 32.2 Å². The lowest BCUT2D eigenvalue weighted by Crippen LogP contribution is -1.94. The number of nitro benzene ring substituents is 2. The Bertz CT molecular complexity index is 1270. The summed E-state index contributed by atoms with van der Waals surface area (Å²) < 4.78 is -0.183. The Balaban J connectivity index is 0.000000247. The van der Waals surface area contributed by atoms with Gasteiger partial charge in [-0.05, 0) is 108 Å². The van der Waals surface area contributed by atoms with Crippen LogP contribution in [0.25, 0.3) is 22.3 Å². The number of pyridine rings is 2. The lowest BCUT2D eigenvalue weighted by Gasteiger charge is -2.05. The first-order valence-electron chi connectivity index (χ1n) is 11.4. The van der Waals surface area contributed by atoms with Gasteiger partial charge in [-0.25, -0.2) is 0 Å². The van der Waals surface area contributed by atoms with Crippen molar-refractivity contribution in [1.82, 2.24) is 9.97 Å². The van der Waals surface area contributed by atoms with Crippen LogP contribution in [-0.2, 0) is 0 Å². The van der Waals surface area contributed by atoms with Gasteiger partial charge in [-0.3, -0.25) is 30.2 Å². The fraction of sp³-hybridized carbons (Fsp3) is 0.154. The summed E-state index contributed by atoms with van der Waals surface area (Å²) in [5, 5.41) is 30.4. The summed E-state index contributed by atoms with van der Waals surface area (Å²) in [7, 11) is 0. The molecule has 2 heterocycles. The molecule has 0 amide bonds. The van der Waals surface area contributed by atoms with Gasteiger partial charge in [0.15, 0.2) is 0 Å². The topological polar surface area (TPSA) is 132 Å². The summed E-state index contributed by atoms with van der Waals surface area (Å²) in [4.78, 5) is 28.9. The Kier molecular flexibility index (Phi) is 14.4. The molecule has 2 unspecified atom stereocenters. The van der Waals surface area contributed by atoms with Gasteiger partial charge in [-0.1, -0.05) is 28.1 Å². The number of alkyl halides is 1. The van der Waals surface area contributed by atoms with E-state index >= 15 is 0 Å². The van der Waals surface area contributed by atoms with Gasteiger partial charge in [-0.2, -0.15) is 0 Å². The fourth-order valence-corrected chi connectivity index (χ4v) is 3.46. The van der Waals surface area contributed by atoms with Gasteiger partial charge < -0.3 is 5.11 Å². The van der Waals surface area contributed by atoms with Crippen LogP contribution in [0.1, 0.15) is 36.2 Å². The molecular formula is C26H23Br4N4O5P. The van der Waals surface area contributed by atoms with Crippen LogP contribution < -0.4 is 0 Å². The molecule has 0 radical (unpaired) electrons. The van der Waals surface area contributed by atoms with Crippen molar-refractivity contribution in [3.8, 4) is 22.3 Å². The maximum atomic E-state index is 10.6. The number of rotatable bonds is 6. The lowest BCUT2D eigenvalue weighted by atomic mass is 10.1. The average Bonchev–Trinajstić information content (AvgIpc) is 2.93. The molecule has 210 valence electrons. The zero-order chi connectivity index (χ0) is 29.8. The number of nitrogens with zero attached hydrogens (tertiary/aromatic N) is 4. The highest BCUT2D eigenvalue weighted by molar-refractivity contribution is 9.93. The smallest absolute Gasteiger partial charge is 0.269 e. The van der Waals surface area contributed by atoms with Gasteiger partial charge in [-0.15, -0.1) is 0 Å². The third-order valence-electron chi connectivity index (χ3n) is 5.23. The van der Waals surface area contributed by atoms with Gasteiger partial charge in [0.2, 0.25) is 0 Å². The second-order valence-electron chi connectivity index (χ2n) is 8.04. The Morgan fingerprint density at radius 1 is 0.675 bits per heavy atom. The van der Waals surface area contributed by atoms with E-state index in [4.69, 9.17) is 0 Å². The van der Waals surface area contributed by atoms with Crippen molar-refractivity contribution in [3.05, 3.63) is 117 Å². The molecule has 2 aromatic carbocycles. The number of hydrogen-bond acceptors (Lipinski definition) is 7. The molecule has 4 rings (SSSR count). The number of non-ortho nitro benzene ring substituents is 2. The highest BCUT2D eigenvalue weighted by Gasteiger charge is 2.08. The Hall–Kier alpha value is -2.15. The first-order valence-corrected chi connectivity index (χ1v) is 19.7. The third-order valence-corrected chi connectivity index (χ3v) is 5.70. The van der Waals surface area contributed by atoms with Crippen LogP contribution in [0.15, 0.2) is 85.2 Å². The van der Waals surface area contributed by atoms with Crippen LogP contribution in [0.2, 0.25) is 0 Å². The monoisotopic (exact) mass is 818 g/mol. The second kappa shape index (κ2) is 17.0. The minimum absolute atomic E-state index is 0.0623. The largest absolute Gasteiger partial charge is 0.387 e. The molecule has 0 aliphatic heterocycles. The minimum Gasteiger partial charge on any atom is -0.387 e. The van der Waals surface area contributed by atoms with E-state index in [1.807, 2.05) is 25.1 Å². The highest BCUT2D eigenvalue weighted by Crippen LogP contribution is 2.59. The van der Waals surface area contributed by atoms with Crippen molar-refractivity contribution in [3.63, 3.8) is 0 Å². The zero-order valence-electron chi connectivity index (χ0n) is 21.1. The summed E-state index contributed by atoms with van der Waals surface area (Å²) in [5.74, 6) is 0. The van der Waals surface area contributed by atoms with Crippen LogP contribution in [0.5, 0.6) is 0 Å². The fourth-order valence-electron chi connectivity index (χ4n) is 3.19. The van der Waals surface area contributed by atoms with Crippen LogP contribution >= 0.6 is 66.4 Å². The third kappa shape index (κ3) is 11.4. The predicted molar refractivity (Wildman–Crippen MR) is 174 cm³/mol. The molecule has 14 heteroatoms. The van der Waals surface area contributed by atoms with Gasteiger partial charge in [0.25, 0.3) is 11.4 Å². The van der Waals surface area contributed by atoms with E-state index < -0.39 is 16.0 Å². The number of aliphatic hydroxyl groups is 1. The standard InChI is InChI=1S/C13H11BrN2O2.C13H12N2O3.Br3P/c1-9(14)13-7-4-11(8-15-13)10-2-5-12(6-3-10)16(17)18;1-9(16)13-7-4-11(8-14-13)10-2-5-12(6-3-10)15(17)18;1-4(2)3/h2-9H,1H3;2-9,16H,1H3;. The molecule has 0 fully saturated rings. The minimum atomic E-state index is -0.601. The molecule has 0 spiro atoms. The molecule has 1 N–H and O–H groups in total. The Morgan fingerprint density at radius 2 is 1.00 bits per heavy atom. The molecule has 40 heavy (non-hydrogen) atoms. The number of benzene rings is 2. The normalized spacial score (nSPS) is 11.8. The second-order valence-corrected chi connectivity index (χ2v) is 24.7. The number of aromatic nitrogens is 2. The molecular weight excluding hydrogens is 799 g/mol. The van der Waals surface area contributed by atoms with E-state index in [0.29, 0.717) is 5.69 Å². The maximum absolute atomic E-state index is 10.6. The van der Waals surface area contributed by atoms with Crippen molar-refractivity contribution in [2.24, 2.45) is 0 Å². The van der Waals surface area contributed by atoms with Crippen molar-refractivity contribution in [2.45, 2.75) is 24.8 Å². The maximum Gasteiger partial charge on any atom is 0.269 e. The van der Waals surface area contributed by atoms with E-state index in [1.54, 1.807) is 49.6 Å². The van der Waals surface area contributed by atoms with Crippen molar-refractivity contribution in [1.29, 1.82) is 0 Å². The van der Waals surface area contributed by atoms with E-state index in [1.165, 1.54) is 24.3 Å². The summed E-state index contributed by atoms with van der Waals surface area (Å²) in [6, 6.07) is 20.2. The van der Waals surface area contributed by atoms with E-state index in [2.05, 4.69) is 72.4 Å². The van der Waals surface area contributed by atoms with E-state index in [0.717, 1.165) is 27.9 Å². The molecule has 0 saturated carbocycles. The molecule has 0 saturated heterocycles. The first kappa shape index (κ1) is 34.1. The average molecular weight is 822 g/mol. The Morgan fingerprint density at radius 3 is 1.25 bits per heavy atom. The van der Waals surface area contributed by atoms with Crippen LogP contribution in [-0.4, -0.2) is 24.9 Å². The Labute approximate surface area is 264 Å². The quantitative estimate of drug-likeness (QED) is 0.0886. The summed E-state index contributed by atoms with van der Waals surface area (Å²) in [5.41, 5.74) is 5.29. The highest BCUT2D eigenvalue weighted by atomic mass is 80.0.